The summed E-state index contributed by atoms with van der Waals surface area (Å²) in [6.45, 7) is -0.884. The third kappa shape index (κ3) is 3.67. The van der Waals surface area contributed by atoms with E-state index in [0.29, 0.717) is 33.9 Å². The fourth-order valence-corrected chi connectivity index (χ4v) is 3.62. The Kier molecular flexibility index (Phi) is 4.81. The largest absolute Gasteiger partial charge is 0.410 e. The molecule has 1 unspecified atom stereocenters. The molecule has 3 aromatic heterocycles. The number of benzene rings is 1. The maximum Gasteiger partial charge on any atom is 0.410 e. The Balaban J connectivity index is 1.71. The normalized spacial score (nSPS) is 17.1. The number of anilines is 3. The van der Waals surface area contributed by atoms with Crippen LogP contribution in [0.25, 0.3) is 16.7 Å². The summed E-state index contributed by atoms with van der Waals surface area (Å²) in [5.41, 5.74) is 2.30. The molecule has 0 aliphatic carbocycles. The van der Waals surface area contributed by atoms with E-state index < -0.39 is 24.7 Å². The van der Waals surface area contributed by atoms with Crippen LogP contribution in [0.1, 0.15) is 15.9 Å². The third-order valence-electron chi connectivity index (χ3n) is 5.27. The molecule has 0 fully saturated rings. The Morgan fingerprint density at radius 1 is 1.27 bits per heavy atom. The molecule has 0 radical (unpaired) electrons. The van der Waals surface area contributed by atoms with Crippen LogP contribution in [0.4, 0.5) is 30.5 Å². The van der Waals surface area contributed by atoms with E-state index in [4.69, 9.17) is 4.74 Å². The lowest BCUT2D eigenvalue weighted by molar-refractivity contribution is -0.166. The summed E-state index contributed by atoms with van der Waals surface area (Å²) in [7, 11) is 3.36. The van der Waals surface area contributed by atoms with Crippen LogP contribution < -0.4 is 16.0 Å². The Hall–Kier alpha value is -3.94. The first-order valence-corrected chi connectivity index (χ1v) is 9.86. The molecular weight excluding hydrogens is 443 g/mol. The molecule has 4 bridgehead atoms. The average molecular weight is 461 g/mol. The van der Waals surface area contributed by atoms with Crippen molar-refractivity contribution in [1.82, 2.24) is 34.9 Å². The van der Waals surface area contributed by atoms with E-state index in [2.05, 4.69) is 31.0 Å². The van der Waals surface area contributed by atoms with Gasteiger partial charge in [-0.1, -0.05) is 5.21 Å². The number of carbonyl (C=O) groups excluding carboxylic acids is 1. The van der Waals surface area contributed by atoms with Crippen LogP contribution in [-0.4, -0.2) is 61.4 Å². The van der Waals surface area contributed by atoms with Crippen molar-refractivity contribution in [3.05, 3.63) is 35.5 Å². The van der Waals surface area contributed by atoms with Gasteiger partial charge in [-0.2, -0.15) is 22.8 Å². The second-order valence-electron chi connectivity index (χ2n) is 7.50. The minimum atomic E-state index is -4.72. The minimum Gasteiger partial charge on any atom is -0.374 e. The predicted octanol–water partition coefficient (Wildman–Crippen LogP) is 1.99. The SMILES string of the molecule is CNc1cc2nc3c(cnn13)C(=O)NC(C(F)(F)F)COCc1cc(c3nnn(C)c3c1)N2. The van der Waals surface area contributed by atoms with Gasteiger partial charge in [0.05, 0.1) is 30.6 Å². The van der Waals surface area contributed by atoms with Crippen LogP contribution >= 0.6 is 0 Å². The van der Waals surface area contributed by atoms with Crippen molar-refractivity contribution in [1.29, 1.82) is 0 Å². The lowest BCUT2D eigenvalue weighted by Crippen LogP contribution is -2.48. The standard InChI is InChI=1S/C19H18F3N9O2/c1-23-15-5-14-25-11-3-9(4-12-16(11)28-29-30(12)2)7-33-8-13(19(20,21)22)26-18(32)10-6-24-31(15)17(10)27-14/h3-6,13,23H,7-8H2,1-2H3,(H,25,27)(H,26,32). The van der Waals surface area contributed by atoms with Crippen LogP contribution in [0.3, 0.4) is 0 Å². The molecule has 4 heterocycles. The zero-order chi connectivity index (χ0) is 23.3. The number of aromatic nitrogens is 6. The van der Waals surface area contributed by atoms with Gasteiger partial charge in [0.15, 0.2) is 5.65 Å². The molecule has 1 atom stereocenters. The lowest BCUT2D eigenvalue weighted by Gasteiger charge is -2.22. The van der Waals surface area contributed by atoms with Crippen LogP contribution in [0.2, 0.25) is 0 Å². The highest BCUT2D eigenvalue weighted by Gasteiger charge is 2.41. The number of hydrogen-bond donors (Lipinski definition) is 3. The molecule has 14 heteroatoms. The maximum atomic E-state index is 13.6. The van der Waals surface area contributed by atoms with E-state index in [1.54, 1.807) is 37.0 Å². The highest BCUT2D eigenvalue weighted by atomic mass is 19.4. The van der Waals surface area contributed by atoms with Gasteiger partial charge in [0.25, 0.3) is 5.91 Å². The molecule has 1 aliphatic heterocycles. The molecule has 4 aromatic rings. The van der Waals surface area contributed by atoms with Crippen molar-refractivity contribution in [3.63, 3.8) is 0 Å². The van der Waals surface area contributed by atoms with Gasteiger partial charge < -0.3 is 20.7 Å². The fourth-order valence-electron chi connectivity index (χ4n) is 3.62. The van der Waals surface area contributed by atoms with Crippen LogP contribution in [0, 0.1) is 0 Å². The summed E-state index contributed by atoms with van der Waals surface area (Å²) in [5, 5.41) is 20.4. The number of amides is 1. The van der Waals surface area contributed by atoms with Gasteiger partial charge in [-0.05, 0) is 17.7 Å². The van der Waals surface area contributed by atoms with Crippen molar-refractivity contribution in [2.75, 3.05) is 24.3 Å². The number of ether oxygens (including phenoxy) is 1. The average Bonchev–Trinajstić information content (AvgIpc) is 3.35. The Bertz CT molecular complexity index is 1380. The van der Waals surface area contributed by atoms with Gasteiger partial charge in [-0.15, -0.1) is 5.10 Å². The molecule has 172 valence electrons. The van der Waals surface area contributed by atoms with E-state index in [0.717, 1.165) is 0 Å². The molecule has 1 aliphatic rings. The third-order valence-corrected chi connectivity index (χ3v) is 5.27. The smallest absolute Gasteiger partial charge is 0.374 e. The summed E-state index contributed by atoms with van der Waals surface area (Å²) in [6, 6.07) is 2.89. The number of hydrogen-bond acceptors (Lipinski definition) is 8. The number of nitrogens with one attached hydrogen (secondary N) is 3. The van der Waals surface area contributed by atoms with Crippen LogP contribution in [-0.2, 0) is 18.4 Å². The minimum absolute atomic E-state index is 0.0762. The van der Waals surface area contributed by atoms with E-state index in [1.807, 2.05) is 5.32 Å². The van der Waals surface area contributed by atoms with Crippen molar-refractivity contribution in [2.45, 2.75) is 18.8 Å². The van der Waals surface area contributed by atoms with Crippen LogP contribution in [0.5, 0.6) is 0 Å². The molecule has 33 heavy (non-hydrogen) atoms. The van der Waals surface area contributed by atoms with E-state index in [9.17, 15) is 18.0 Å². The van der Waals surface area contributed by atoms with Crippen LogP contribution in [0.15, 0.2) is 24.4 Å². The van der Waals surface area contributed by atoms with Gasteiger partial charge in [-0.3, -0.25) is 4.79 Å². The van der Waals surface area contributed by atoms with Crippen molar-refractivity contribution >= 4 is 39.9 Å². The maximum absolute atomic E-state index is 13.6. The van der Waals surface area contributed by atoms with Crippen molar-refractivity contribution in [3.8, 4) is 0 Å². The topological polar surface area (TPSA) is 123 Å². The number of rotatable bonds is 1. The number of carbonyl (C=O) groups is 1. The number of nitrogens with zero attached hydrogens (tertiary/aromatic N) is 6. The molecule has 0 saturated heterocycles. The zero-order valence-corrected chi connectivity index (χ0v) is 17.4. The van der Waals surface area contributed by atoms with Gasteiger partial charge in [0, 0.05) is 20.2 Å². The first kappa shape index (κ1) is 20.9. The second-order valence-corrected chi connectivity index (χ2v) is 7.50. The molecule has 3 N–H and O–H groups in total. The van der Waals surface area contributed by atoms with E-state index in [1.165, 1.54) is 10.7 Å². The highest BCUT2D eigenvalue weighted by molar-refractivity contribution is 6.00. The molecule has 1 amide bonds. The number of aryl methyl sites for hydroxylation is 1. The van der Waals surface area contributed by atoms with Crippen molar-refractivity contribution in [2.24, 2.45) is 7.05 Å². The fraction of sp³-hybridized carbons (Fsp3) is 0.316. The molecule has 11 nitrogen and oxygen atoms in total. The summed E-state index contributed by atoms with van der Waals surface area (Å²) in [4.78, 5) is 17.2. The molecule has 1 aromatic carbocycles. The zero-order valence-electron chi connectivity index (χ0n) is 17.4. The summed E-state index contributed by atoms with van der Waals surface area (Å²) in [5.74, 6) is -0.165. The molecule has 5 rings (SSSR count). The predicted molar refractivity (Wildman–Crippen MR) is 111 cm³/mol. The quantitative estimate of drug-likeness (QED) is 0.393. The molecule has 0 spiro atoms. The monoisotopic (exact) mass is 461 g/mol. The first-order valence-electron chi connectivity index (χ1n) is 9.86. The Morgan fingerprint density at radius 2 is 2.09 bits per heavy atom. The Morgan fingerprint density at radius 3 is 2.85 bits per heavy atom. The van der Waals surface area contributed by atoms with Gasteiger partial charge in [-0.25, -0.2) is 9.67 Å². The number of fused-ring (bicyclic) bond motifs is 5. The summed E-state index contributed by atoms with van der Waals surface area (Å²) < 4.78 is 49.0. The second kappa shape index (κ2) is 7.58. The summed E-state index contributed by atoms with van der Waals surface area (Å²) >= 11 is 0. The van der Waals surface area contributed by atoms with Gasteiger partial charge in [0.2, 0.25) is 0 Å². The van der Waals surface area contributed by atoms with Crippen molar-refractivity contribution < 1.29 is 22.7 Å². The highest BCUT2D eigenvalue weighted by Crippen LogP contribution is 2.29. The first-order chi connectivity index (χ1) is 15.7. The Labute approximate surface area is 183 Å². The van der Waals surface area contributed by atoms with Gasteiger partial charge >= 0.3 is 6.18 Å². The molecule has 0 saturated carbocycles. The molecular formula is C19H18F3N9O2. The number of alkyl halides is 3. The number of halogens is 3. The summed E-state index contributed by atoms with van der Waals surface area (Å²) in [6.07, 6.45) is -3.54. The van der Waals surface area contributed by atoms with E-state index in [-0.39, 0.29) is 17.8 Å². The lowest BCUT2D eigenvalue weighted by atomic mass is 10.1. The van der Waals surface area contributed by atoms with Gasteiger partial charge in [0.1, 0.15) is 28.8 Å². The van der Waals surface area contributed by atoms with E-state index >= 15 is 0 Å².